The van der Waals surface area contributed by atoms with Crippen LogP contribution in [0.15, 0.2) is 83.8 Å². The highest BCUT2D eigenvalue weighted by atomic mass is 32.2. The van der Waals surface area contributed by atoms with Crippen LogP contribution in [0, 0.1) is 12.7 Å². The maximum Gasteiger partial charge on any atom is 0.247 e. The Morgan fingerprint density at radius 2 is 1.63 bits per heavy atom. The Morgan fingerprint density at radius 3 is 2.26 bits per heavy atom. The smallest absolute Gasteiger partial charge is 0.247 e. The largest absolute Gasteiger partial charge is 0.350 e. The van der Waals surface area contributed by atoms with Gasteiger partial charge in [-0.25, -0.2) is 12.8 Å². The van der Waals surface area contributed by atoms with E-state index in [2.05, 4.69) is 5.32 Å². The fraction of sp³-hybridized carbons (Fsp3) is 0.231. The molecule has 1 heterocycles. The summed E-state index contributed by atoms with van der Waals surface area (Å²) in [7, 11) is -4.05. The highest BCUT2D eigenvalue weighted by Gasteiger charge is 2.51. The second-order valence-corrected chi connectivity index (χ2v) is 10.7. The van der Waals surface area contributed by atoms with E-state index in [0.717, 1.165) is 15.4 Å². The molecule has 1 fully saturated rings. The van der Waals surface area contributed by atoms with Gasteiger partial charge in [-0.2, -0.15) is 4.31 Å². The Hall–Kier alpha value is -3.56. The van der Waals surface area contributed by atoms with Crippen LogP contribution in [-0.4, -0.2) is 43.2 Å². The molecule has 35 heavy (non-hydrogen) atoms. The van der Waals surface area contributed by atoms with Gasteiger partial charge >= 0.3 is 0 Å². The summed E-state index contributed by atoms with van der Waals surface area (Å²) in [6.45, 7) is 2.84. The van der Waals surface area contributed by atoms with Gasteiger partial charge in [0.25, 0.3) is 0 Å². The number of nitrogens with one attached hydrogen (secondary N) is 1. The second kappa shape index (κ2) is 9.59. The minimum absolute atomic E-state index is 0.0400. The summed E-state index contributed by atoms with van der Waals surface area (Å²) >= 11 is 0. The van der Waals surface area contributed by atoms with Crippen molar-refractivity contribution in [2.45, 2.75) is 30.8 Å². The first-order valence-corrected chi connectivity index (χ1v) is 12.5. The number of benzene rings is 3. The summed E-state index contributed by atoms with van der Waals surface area (Å²) in [5.41, 5.74) is 0.469. The number of carbonyl (C=O) groups excluding carboxylic acids is 2. The molecule has 1 aliphatic rings. The molecule has 9 heteroatoms. The Morgan fingerprint density at radius 1 is 1.00 bits per heavy atom. The summed E-state index contributed by atoms with van der Waals surface area (Å²) in [5.74, 6) is -1.60. The third-order valence-corrected chi connectivity index (χ3v) is 7.87. The molecule has 0 bridgehead atoms. The maximum absolute atomic E-state index is 13.6. The molecular weight excluding hydrogens is 469 g/mol. The molecule has 2 amide bonds. The molecule has 1 saturated heterocycles. The van der Waals surface area contributed by atoms with Crippen molar-refractivity contribution in [1.82, 2.24) is 9.62 Å². The molecule has 0 spiro atoms. The predicted molar refractivity (Wildman–Crippen MR) is 131 cm³/mol. The number of hydrogen-bond donors (Lipinski definition) is 1. The third-order valence-electron chi connectivity index (χ3n) is 6.07. The Bertz CT molecular complexity index is 1330. The zero-order valence-electron chi connectivity index (χ0n) is 19.4. The van der Waals surface area contributed by atoms with Crippen molar-refractivity contribution in [3.63, 3.8) is 0 Å². The van der Waals surface area contributed by atoms with Gasteiger partial charge in [0.15, 0.2) is 0 Å². The van der Waals surface area contributed by atoms with Crippen molar-refractivity contribution in [1.29, 1.82) is 0 Å². The van der Waals surface area contributed by atoms with Crippen LogP contribution >= 0.6 is 0 Å². The van der Waals surface area contributed by atoms with E-state index in [4.69, 9.17) is 0 Å². The zero-order chi connectivity index (χ0) is 25.2. The standard InChI is InChI=1S/C26H26FN3O4S/c1-19-8-14-23(15-9-19)35(33,34)29-17-24(31)30(22-12-10-21(27)11-13-22)26(2,18-29)25(32)28-16-20-6-4-3-5-7-20/h3-15H,16-18H2,1-2H3,(H,28,32)/t26-/m1/s1. The van der Waals surface area contributed by atoms with Gasteiger partial charge in [-0.05, 0) is 55.8 Å². The summed E-state index contributed by atoms with van der Waals surface area (Å²) in [4.78, 5) is 28.2. The van der Waals surface area contributed by atoms with Crippen LogP contribution in [-0.2, 0) is 26.2 Å². The topological polar surface area (TPSA) is 86.8 Å². The van der Waals surface area contributed by atoms with E-state index in [1.165, 1.54) is 48.2 Å². The number of nitrogens with zero attached hydrogens (tertiary/aromatic N) is 2. The van der Waals surface area contributed by atoms with Gasteiger partial charge in [0.05, 0.1) is 11.4 Å². The molecule has 0 aromatic heterocycles. The van der Waals surface area contributed by atoms with Gasteiger partial charge in [0.2, 0.25) is 21.8 Å². The van der Waals surface area contributed by atoms with Gasteiger partial charge in [-0.3, -0.25) is 14.5 Å². The number of amides is 2. The first-order chi connectivity index (χ1) is 16.6. The van der Waals surface area contributed by atoms with Crippen molar-refractivity contribution in [3.05, 3.63) is 95.8 Å². The third kappa shape index (κ3) is 4.96. The minimum Gasteiger partial charge on any atom is -0.350 e. The monoisotopic (exact) mass is 495 g/mol. The van der Waals surface area contributed by atoms with Crippen molar-refractivity contribution in [3.8, 4) is 0 Å². The van der Waals surface area contributed by atoms with Crippen LogP contribution in [0.3, 0.4) is 0 Å². The highest BCUT2D eigenvalue weighted by Crippen LogP contribution is 2.32. The van der Waals surface area contributed by atoms with Gasteiger partial charge < -0.3 is 5.32 Å². The number of anilines is 1. The molecular formula is C26H26FN3O4S. The molecule has 1 N–H and O–H groups in total. The molecule has 1 aliphatic heterocycles. The van der Waals surface area contributed by atoms with E-state index in [0.29, 0.717) is 5.69 Å². The highest BCUT2D eigenvalue weighted by molar-refractivity contribution is 7.89. The van der Waals surface area contributed by atoms with Gasteiger partial charge in [0, 0.05) is 18.8 Å². The number of piperazine rings is 1. The second-order valence-electron chi connectivity index (χ2n) is 8.73. The molecule has 0 unspecified atom stereocenters. The van der Waals surface area contributed by atoms with E-state index in [9.17, 15) is 22.4 Å². The first kappa shape index (κ1) is 24.6. The Kier molecular flexibility index (Phi) is 6.73. The summed E-state index contributed by atoms with van der Waals surface area (Å²) in [5, 5.41) is 2.83. The minimum atomic E-state index is -4.05. The van der Waals surface area contributed by atoms with Crippen LogP contribution in [0.25, 0.3) is 0 Å². The lowest BCUT2D eigenvalue weighted by atomic mass is 9.94. The summed E-state index contributed by atoms with van der Waals surface area (Å²) in [6.07, 6.45) is 0. The quantitative estimate of drug-likeness (QED) is 0.569. The molecule has 4 rings (SSSR count). The molecule has 3 aromatic rings. The average molecular weight is 496 g/mol. The molecule has 3 aromatic carbocycles. The van der Waals surface area contributed by atoms with E-state index < -0.39 is 39.7 Å². The fourth-order valence-corrected chi connectivity index (χ4v) is 5.64. The maximum atomic E-state index is 13.6. The van der Waals surface area contributed by atoms with Crippen LogP contribution in [0.4, 0.5) is 10.1 Å². The van der Waals surface area contributed by atoms with Gasteiger partial charge in [0.1, 0.15) is 11.4 Å². The van der Waals surface area contributed by atoms with E-state index >= 15 is 0 Å². The normalized spacial score (nSPS) is 18.9. The fourth-order valence-electron chi connectivity index (χ4n) is 4.16. The van der Waals surface area contributed by atoms with E-state index in [1.807, 2.05) is 37.3 Å². The summed E-state index contributed by atoms with van der Waals surface area (Å²) < 4.78 is 41.4. The van der Waals surface area contributed by atoms with Crippen LogP contribution < -0.4 is 10.2 Å². The van der Waals surface area contributed by atoms with Crippen molar-refractivity contribution >= 4 is 27.5 Å². The first-order valence-electron chi connectivity index (χ1n) is 11.1. The lowest BCUT2D eigenvalue weighted by Crippen LogP contribution is -2.70. The number of rotatable bonds is 6. The van der Waals surface area contributed by atoms with Gasteiger partial charge in [-0.15, -0.1) is 0 Å². The van der Waals surface area contributed by atoms with Gasteiger partial charge in [-0.1, -0.05) is 48.0 Å². The molecule has 7 nitrogen and oxygen atoms in total. The molecule has 0 saturated carbocycles. The van der Waals surface area contributed by atoms with Crippen LogP contribution in [0.5, 0.6) is 0 Å². The lowest BCUT2D eigenvalue weighted by Gasteiger charge is -2.46. The molecule has 0 aliphatic carbocycles. The SMILES string of the molecule is Cc1ccc(S(=O)(=O)N2CC(=O)N(c3ccc(F)cc3)[C@@](C)(C(=O)NCc3ccccc3)C2)cc1. The van der Waals surface area contributed by atoms with E-state index in [1.54, 1.807) is 12.1 Å². The van der Waals surface area contributed by atoms with Crippen LogP contribution in [0.2, 0.25) is 0 Å². The lowest BCUT2D eigenvalue weighted by molar-refractivity contribution is -0.133. The molecule has 1 atom stereocenters. The molecule has 0 radical (unpaired) electrons. The van der Waals surface area contributed by atoms with Crippen molar-refractivity contribution < 1.29 is 22.4 Å². The van der Waals surface area contributed by atoms with Crippen molar-refractivity contribution in [2.75, 3.05) is 18.0 Å². The van der Waals surface area contributed by atoms with Crippen LogP contribution in [0.1, 0.15) is 18.1 Å². The number of carbonyl (C=O) groups is 2. The number of sulfonamides is 1. The van der Waals surface area contributed by atoms with Crippen molar-refractivity contribution in [2.24, 2.45) is 0 Å². The Labute approximate surface area is 204 Å². The van der Waals surface area contributed by atoms with E-state index in [-0.39, 0.29) is 18.0 Å². The predicted octanol–water partition coefficient (Wildman–Crippen LogP) is 3.25. The number of hydrogen-bond acceptors (Lipinski definition) is 4. The summed E-state index contributed by atoms with van der Waals surface area (Å²) in [6, 6.07) is 20.7. The Balaban J connectivity index is 1.70. The number of halogens is 1. The molecule has 182 valence electrons. The number of aryl methyl sites for hydroxylation is 1. The zero-order valence-corrected chi connectivity index (χ0v) is 20.3. The average Bonchev–Trinajstić information content (AvgIpc) is 2.84.